The number of ketones is 1. The first kappa shape index (κ1) is 12.9. The lowest BCUT2D eigenvalue weighted by atomic mass is 9.84. The van der Waals surface area contributed by atoms with E-state index in [2.05, 4.69) is 0 Å². The monoisotopic (exact) mass is 270 g/mol. The molecule has 1 aromatic carbocycles. The fourth-order valence-electron chi connectivity index (χ4n) is 2.44. The maximum absolute atomic E-state index is 12.1. The van der Waals surface area contributed by atoms with E-state index < -0.39 is 0 Å². The molecule has 92 valence electrons. The standard InChI is InChI=1S/C14H16Cl2O/c15-12-8-4-7-11(14(12)16)9-13(17)10-5-2-1-3-6-10/h4,7-8,10H,1-3,5-6,9H2. The van der Waals surface area contributed by atoms with Crippen LogP contribution in [0.5, 0.6) is 0 Å². The zero-order chi connectivity index (χ0) is 12.3. The van der Waals surface area contributed by atoms with Crippen molar-refractivity contribution in [2.75, 3.05) is 0 Å². The third kappa shape index (κ3) is 3.23. The van der Waals surface area contributed by atoms with Crippen molar-refractivity contribution in [3.8, 4) is 0 Å². The summed E-state index contributed by atoms with van der Waals surface area (Å²) in [6.07, 6.45) is 6.12. The van der Waals surface area contributed by atoms with Gasteiger partial charge in [0, 0.05) is 12.3 Å². The van der Waals surface area contributed by atoms with E-state index in [9.17, 15) is 4.79 Å². The van der Waals surface area contributed by atoms with Crippen LogP contribution in [0.2, 0.25) is 10.0 Å². The molecule has 0 heterocycles. The normalized spacial score (nSPS) is 17.1. The Balaban J connectivity index is 2.04. The Morgan fingerprint density at radius 2 is 1.88 bits per heavy atom. The smallest absolute Gasteiger partial charge is 0.140 e. The molecule has 0 bridgehead atoms. The molecule has 0 atom stereocenters. The summed E-state index contributed by atoms with van der Waals surface area (Å²) in [5, 5.41) is 1.05. The van der Waals surface area contributed by atoms with E-state index in [4.69, 9.17) is 23.2 Å². The van der Waals surface area contributed by atoms with Crippen LogP contribution in [0, 0.1) is 5.92 Å². The van der Waals surface area contributed by atoms with Crippen LogP contribution in [0.3, 0.4) is 0 Å². The summed E-state index contributed by atoms with van der Waals surface area (Å²) >= 11 is 12.0. The van der Waals surface area contributed by atoms with Crippen molar-refractivity contribution in [2.24, 2.45) is 5.92 Å². The summed E-state index contributed by atoms with van der Waals surface area (Å²) in [7, 11) is 0. The summed E-state index contributed by atoms with van der Waals surface area (Å²) in [4.78, 5) is 12.1. The number of Topliss-reactive ketones (excluding diaryl/α,β-unsaturated/α-hetero) is 1. The lowest BCUT2D eigenvalue weighted by Crippen LogP contribution is -2.19. The Kier molecular flexibility index (Phi) is 4.47. The molecule has 1 aliphatic rings. The lowest BCUT2D eigenvalue weighted by Gasteiger charge is -2.20. The van der Waals surface area contributed by atoms with E-state index in [0.717, 1.165) is 18.4 Å². The quantitative estimate of drug-likeness (QED) is 0.779. The predicted molar refractivity (Wildman–Crippen MR) is 71.7 cm³/mol. The molecule has 0 aromatic heterocycles. The molecule has 1 saturated carbocycles. The predicted octanol–water partition coefficient (Wildman–Crippen LogP) is 4.69. The summed E-state index contributed by atoms with van der Waals surface area (Å²) < 4.78 is 0. The van der Waals surface area contributed by atoms with Gasteiger partial charge in [0.25, 0.3) is 0 Å². The van der Waals surface area contributed by atoms with Gasteiger partial charge in [-0.25, -0.2) is 0 Å². The first-order valence-corrected chi connectivity index (χ1v) is 6.89. The first-order valence-electron chi connectivity index (χ1n) is 6.14. The van der Waals surface area contributed by atoms with E-state index in [1.807, 2.05) is 12.1 Å². The Labute approximate surface area is 112 Å². The number of hydrogen-bond acceptors (Lipinski definition) is 1. The molecule has 1 nitrogen and oxygen atoms in total. The zero-order valence-electron chi connectivity index (χ0n) is 9.72. The second-order valence-electron chi connectivity index (χ2n) is 4.69. The van der Waals surface area contributed by atoms with Gasteiger partial charge < -0.3 is 0 Å². The van der Waals surface area contributed by atoms with E-state index in [0.29, 0.717) is 22.2 Å². The van der Waals surface area contributed by atoms with Crippen LogP contribution in [-0.4, -0.2) is 5.78 Å². The maximum atomic E-state index is 12.1. The van der Waals surface area contributed by atoms with Gasteiger partial charge >= 0.3 is 0 Å². The Morgan fingerprint density at radius 3 is 2.59 bits per heavy atom. The molecular formula is C14H16Cl2O. The molecule has 0 unspecified atom stereocenters. The van der Waals surface area contributed by atoms with Crippen molar-refractivity contribution in [1.82, 2.24) is 0 Å². The summed E-state index contributed by atoms with van der Waals surface area (Å²) in [6.45, 7) is 0. The van der Waals surface area contributed by atoms with Crippen molar-refractivity contribution in [3.63, 3.8) is 0 Å². The number of carbonyl (C=O) groups is 1. The van der Waals surface area contributed by atoms with Crippen LogP contribution in [0.25, 0.3) is 0 Å². The molecule has 0 aliphatic heterocycles. The molecule has 17 heavy (non-hydrogen) atoms. The topological polar surface area (TPSA) is 17.1 Å². The molecule has 1 fully saturated rings. The minimum Gasteiger partial charge on any atom is -0.299 e. The second kappa shape index (κ2) is 5.88. The fourth-order valence-corrected chi connectivity index (χ4v) is 2.83. The lowest BCUT2D eigenvalue weighted by molar-refractivity contribution is -0.123. The number of carbonyl (C=O) groups excluding carboxylic acids is 1. The van der Waals surface area contributed by atoms with Crippen LogP contribution < -0.4 is 0 Å². The fraction of sp³-hybridized carbons (Fsp3) is 0.500. The van der Waals surface area contributed by atoms with Crippen LogP contribution in [-0.2, 0) is 11.2 Å². The summed E-state index contributed by atoms with van der Waals surface area (Å²) in [5.41, 5.74) is 0.856. The summed E-state index contributed by atoms with van der Waals surface area (Å²) in [5.74, 6) is 0.549. The van der Waals surface area contributed by atoms with Gasteiger partial charge in [0.1, 0.15) is 5.78 Å². The minimum atomic E-state index is 0.235. The molecular weight excluding hydrogens is 255 g/mol. The van der Waals surface area contributed by atoms with Crippen LogP contribution in [0.1, 0.15) is 37.7 Å². The molecule has 0 radical (unpaired) electrons. The first-order chi connectivity index (χ1) is 8.18. The molecule has 1 aliphatic carbocycles. The third-order valence-electron chi connectivity index (χ3n) is 3.46. The van der Waals surface area contributed by atoms with E-state index in [1.165, 1.54) is 19.3 Å². The Bertz CT molecular complexity index is 409. The Morgan fingerprint density at radius 1 is 1.18 bits per heavy atom. The van der Waals surface area contributed by atoms with Crippen molar-refractivity contribution in [3.05, 3.63) is 33.8 Å². The van der Waals surface area contributed by atoms with Gasteiger partial charge in [-0.3, -0.25) is 4.79 Å². The van der Waals surface area contributed by atoms with Gasteiger partial charge in [0.2, 0.25) is 0 Å². The highest BCUT2D eigenvalue weighted by Gasteiger charge is 2.21. The number of hydrogen-bond donors (Lipinski definition) is 0. The SMILES string of the molecule is O=C(Cc1cccc(Cl)c1Cl)C1CCCCC1. The molecule has 3 heteroatoms. The zero-order valence-corrected chi connectivity index (χ0v) is 11.2. The van der Waals surface area contributed by atoms with Crippen molar-refractivity contribution in [2.45, 2.75) is 38.5 Å². The van der Waals surface area contributed by atoms with Crippen LogP contribution in [0.4, 0.5) is 0 Å². The molecule has 0 saturated heterocycles. The summed E-state index contributed by atoms with van der Waals surface area (Å²) in [6, 6.07) is 5.48. The molecule has 0 N–H and O–H groups in total. The van der Waals surface area contributed by atoms with Crippen molar-refractivity contribution >= 4 is 29.0 Å². The van der Waals surface area contributed by atoms with E-state index in [1.54, 1.807) is 6.07 Å². The average molecular weight is 271 g/mol. The molecule has 2 rings (SSSR count). The van der Waals surface area contributed by atoms with E-state index >= 15 is 0 Å². The largest absolute Gasteiger partial charge is 0.299 e. The van der Waals surface area contributed by atoms with Crippen molar-refractivity contribution in [1.29, 1.82) is 0 Å². The van der Waals surface area contributed by atoms with Gasteiger partial charge in [0.15, 0.2) is 0 Å². The van der Waals surface area contributed by atoms with Gasteiger partial charge in [0.05, 0.1) is 10.0 Å². The molecule has 0 spiro atoms. The van der Waals surface area contributed by atoms with Gasteiger partial charge in [-0.1, -0.05) is 54.6 Å². The average Bonchev–Trinajstić information content (AvgIpc) is 2.36. The Hall–Kier alpha value is -0.530. The van der Waals surface area contributed by atoms with Crippen LogP contribution >= 0.6 is 23.2 Å². The van der Waals surface area contributed by atoms with Crippen LogP contribution in [0.15, 0.2) is 18.2 Å². The second-order valence-corrected chi connectivity index (χ2v) is 5.48. The maximum Gasteiger partial charge on any atom is 0.140 e. The highest BCUT2D eigenvalue weighted by atomic mass is 35.5. The van der Waals surface area contributed by atoms with Gasteiger partial charge in [-0.2, -0.15) is 0 Å². The number of benzene rings is 1. The highest BCUT2D eigenvalue weighted by molar-refractivity contribution is 6.42. The number of rotatable bonds is 3. The van der Waals surface area contributed by atoms with E-state index in [-0.39, 0.29) is 5.92 Å². The van der Waals surface area contributed by atoms with Crippen molar-refractivity contribution < 1.29 is 4.79 Å². The van der Waals surface area contributed by atoms with Gasteiger partial charge in [-0.05, 0) is 24.5 Å². The molecule has 0 amide bonds. The minimum absolute atomic E-state index is 0.235. The number of halogens is 2. The van der Waals surface area contributed by atoms with Gasteiger partial charge in [-0.15, -0.1) is 0 Å². The highest BCUT2D eigenvalue weighted by Crippen LogP contribution is 2.29. The third-order valence-corrected chi connectivity index (χ3v) is 4.31. The molecule has 1 aromatic rings.